The number of nitrogens with one attached hydrogen (secondary N) is 2. The maximum Gasteiger partial charge on any atom is 0.417 e. The number of carbonyl (C=O) groups is 1. The van der Waals surface area contributed by atoms with Gasteiger partial charge in [-0.15, -0.1) is 0 Å². The van der Waals surface area contributed by atoms with Crippen LogP contribution < -0.4 is 10.6 Å². The Morgan fingerprint density at radius 1 is 1.00 bits per heavy atom. The first kappa shape index (κ1) is 16.4. The molecule has 0 heterocycles. The first-order valence-electron chi connectivity index (χ1n) is 6.72. The molecular formula is C17H13F3N2O. The summed E-state index contributed by atoms with van der Waals surface area (Å²) in [6.07, 6.45) is -4.45. The molecule has 2 aromatic rings. The van der Waals surface area contributed by atoms with E-state index in [0.717, 1.165) is 6.07 Å². The molecule has 0 atom stereocenters. The van der Waals surface area contributed by atoms with Gasteiger partial charge in [0.2, 0.25) is 0 Å². The lowest BCUT2D eigenvalue weighted by Crippen LogP contribution is -2.28. The van der Waals surface area contributed by atoms with E-state index in [0.29, 0.717) is 5.69 Å². The van der Waals surface area contributed by atoms with E-state index < -0.39 is 17.8 Å². The highest BCUT2D eigenvalue weighted by molar-refractivity contribution is 5.89. The quantitative estimate of drug-likeness (QED) is 0.811. The number of benzene rings is 2. The molecule has 6 heteroatoms. The number of amides is 2. The van der Waals surface area contributed by atoms with Gasteiger partial charge in [0.05, 0.1) is 12.1 Å². The number of urea groups is 1. The smallest absolute Gasteiger partial charge is 0.327 e. The summed E-state index contributed by atoms with van der Waals surface area (Å²) in [4.78, 5) is 11.6. The van der Waals surface area contributed by atoms with Crippen molar-refractivity contribution in [2.24, 2.45) is 0 Å². The molecule has 2 aromatic carbocycles. The first-order valence-corrected chi connectivity index (χ1v) is 6.72. The zero-order valence-corrected chi connectivity index (χ0v) is 11.9. The summed E-state index contributed by atoms with van der Waals surface area (Å²) in [5.41, 5.74) is -0.299. The molecule has 0 saturated carbocycles. The van der Waals surface area contributed by atoms with Gasteiger partial charge in [-0.2, -0.15) is 13.2 Å². The fourth-order valence-electron chi connectivity index (χ4n) is 1.80. The molecule has 118 valence electrons. The molecule has 0 saturated heterocycles. The predicted octanol–water partition coefficient (Wildman–Crippen LogP) is 3.88. The Morgan fingerprint density at radius 3 is 2.35 bits per heavy atom. The van der Waals surface area contributed by atoms with E-state index in [4.69, 9.17) is 0 Å². The van der Waals surface area contributed by atoms with Gasteiger partial charge < -0.3 is 10.6 Å². The van der Waals surface area contributed by atoms with Gasteiger partial charge in [0.25, 0.3) is 0 Å². The van der Waals surface area contributed by atoms with Crippen LogP contribution in [0.3, 0.4) is 0 Å². The molecule has 0 aromatic heterocycles. The average molecular weight is 318 g/mol. The first-order chi connectivity index (χ1) is 11.0. The fraction of sp³-hybridized carbons (Fsp3) is 0.118. The van der Waals surface area contributed by atoms with Crippen molar-refractivity contribution in [1.29, 1.82) is 0 Å². The van der Waals surface area contributed by atoms with Gasteiger partial charge in [-0.05, 0) is 24.3 Å². The van der Waals surface area contributed by atoms with Gasteiger partial charge in [0, 0.05) is 11.3 Å². The lowest BCUT2D eigenvalue weighted by molar-refractivity contribution is -0.137. The summed E-state index contributed by atoms with van der Waals surface area (Å²) >= 11 is 0. The summed E-state index contributed by atoms with van der Waals surface area (Å²) in [6.45, 7) is -0.0646. The number of halogens is 3. The Hall–Kier alpha value is -2.94. The van der Waals surface area contributed by atoms with Crippen LogP contribution in [0.25, 0.3) is 0 Å². The van der Waals surface area contributed by atoms with E-state index in [2.05, 4.69) is 22.5 Å². The molecule has 0 bridgehead atoms. The highest BCUT2D eigenvalue weighted by Gasteiger charge is 2.32. The predicted molar refractivity (Wildman–Crippen MR) is 81.8 cm³/mol. The number of carbonyl (C=O) groups excluding carboxylic acids is 1. The lowest BCUT2D eigenvalue weighted by atomic mass is 10.1. The van der Waals surface area contributed by atoms with E-state index in [1.165, 1.54) is 18.2 Å². The van der Waals surface area contributed by atoms with Crippen molar-refractivity contribution in [2.45, 2.75) is 6.18 Å². The second-order valence-corrected chi connectivity index (χ2v) is 4.52. The molecule has 2 rings (SSSR count). The SMILES string of the molecule is O=C(NCC#Cc1ccccc1C(F)(F)F)Nc1ccccc1. The third kappa shape index (κ3) is 5.08. The third-order valence-electron chi connectivity index (χ3n) is 2.82. The largest absolute Gasteiger partial charge is 0.417 e. The van der Waals surface area contributed by atoms with Crippen molar-refractivity contribution >= 4 is 11.7 Å². The highest BCUT2D eigenvalue weighted by Crippen LogP contribution is 2.31. The van der Waals surface area contributed by atoms with Crippen molar-refractivity contribution < 1.29 is 18.0 Å². The van der Waals surface area contributed by atoms with Gasteiger partial charge in [-0.25, -0.2) is 4.79 Å². The maximum atomic E-state index is 12.8. The van der Waals surface area contributed by atoms with E-state index in [-0.39, 0.29) is 12.1 Å². The van der Waals surface area contributed by atoms with Crippen LogP contribution in [0.4, 0.5) is 23.7 Å². The van der Waals surface area contributed by atoms with Crippen molar-refractivity contribution in [3.05, 3.63) is 65.7 Å². The van der Waals surface area contributed by atoms with Gasteiger partial charge in [-0.3, -0.25) is 0 Å². The van der Waals surface area contributed by atoms with Crippen molar-refractivity contribution in [3.63, 3.8) is 0 Å². The maximum absolute atomic E-state index is 12.8. The van der Waals surface area contributed by atoms with Crippen LogP contribution in [0.5, 0.6) is 0 Å². The van der Waals surface area contributed by atoms with Crippen LogP contribution in [-0.4, -0.2) is 12.6 Å². The number of anilines is 1. The Bertz CT molecular complexity index is 731. The molecule has 2 amide bonds. The molecule has 0 aliphatic heterocycles. The molecular weight excluding hydrogens is 305 g/mol. The van der Waals surface area contributed by atoms with E-state index in [1.807, 2.05) is 6.07 Å². The second-order valence-electron chi connectivity index (χ2n) is 4.52. The van der Waals surface area contributed by atoms with Crippen LogP contribution in [0.15, 0.2) is 54.6 Å². The lowest BCUT2D eigenvalue weighted by Gasteiger charge is -2.08. The minimum atomic E-state index is -4.45. The highest BCUT2D eigenvalue weighted by atomic mass is 19.4. The van der Waals surface area contributed by atoms with Gasteiger partial charge in [-0.1, -0.05) is 42.2 Å². The number of rotatable bonds is 2. The van der Waals surface area contributed by atoms with Crippen LogP contribution in [0, 0.1) is 11.8 Å². The Kier molecular flexibility index (Phi) is 5.26. The molecule has 3 nitrogen and oxygen atoms in total. The summed E-state index contributed by atoms with van der Waals surface area (Å²) < 4.78 is 38.3. The molecule has 0 fully saturated rings. The number of hydrogen-bond donors (Lipinski definition) is 2. The molecule has 0 radical (unpaired) electrons. The minimum absolute atomic E-state index is 0.0646. The van der Waals surface area contributed by atoms with Crippen LogP contribution >= 0.6 is 0 Å². The van der Waals surface area contributed by atoms with Gasteiger partial charge in [0.15, 0.2) is 0 Å². The van der Waals surface area contributed by atoms with E-state index >= 15 is 0 Å². The van der Waals surface area contributed by atoms with Gasteiger partial charge in [0.1, 0.15) is 0 Å². The number of hydrogen-bond acceptors (Lipinski definition) is 1. The van der Waals surface area contributed by atoms with Crippen LogP contribution in [0.2, 0.25) is 0 Å². The van der Waals surface area contributed by atoms with Crippen molar-refractivity contribution in [3.8, 4) is 11.8 Å². The molecule has 0 unspecified atom stereocenters. The minimum Gasteiger partial charge on any atom is -0.327 e. The fourth-order valence-corrected chi connectivity index (χ4v) is 1.80. The standard InChI is InChI=1S/C17H13F3N2O/c18-17(19,20)15-11-5-4-7-13(15)8-6-12-21-16(23)22-14-9-2-1-3-10-14/h1-5,7,9-11H,12H2,(H2,21,22,23). The summed E-state index contributed by atoms with van der Waals surface area (Å²) in [6, 6.07) is 13.3. The van der Waals surface area contributed by atoms with Crippen molar-refractivity contribution in [1.82, 2.24) is 5.32 Å². The van der Waals surface area contributed by atoms with E-state index in [9.17, 15) is 18.0 Å². The van der Waals surface area contributed by atoms with Crippen molar-refractivity contribution in [2.75, 3.05) is 11.9 Å². The monoisotopic (exact) mass is 318 g/mol. The van der Waals surface area contributed by atoms with E-state index in [1.54, 1.807) is 24.3 Å². The zero-order chi connectivity index (χ0) is 16.7. The molecule has 23 heavy (non-hydrogen) atoms. The summed E-state index contributed by atoms with van der Waals surface area (Å²) in [7, 11) is 0. The Balaban J connectivity index is 1.93. The summed E-state index contributed by atoms with van der Waals surface area (Å²) in [5, 5.41) is 5.03. The number of alkyl halides is 3. The molecule has 2 N–H and O–H groups in total. The normalized spacial score (nSPS) is 10.4. The zero-order valence-electron chi connectivity index (χ0n) is 11.9. The Morgan fingerprint density at radius 2 is 1.65 bits per heavy atom. The Labute approximate surface area is 131 Å². The third-order valence-corrected chi connectivity index (χ3v) is 2.82. The van der Waals surface area contributed by atoms with Crippen LogP contribution in [0.1, 0.15) is 11.1 Å². The topological polar surface area (TPSA) is 41.1 Å². The molecule has 0 spiro atoms. The molecule has 0 aliphatic rings. The van der Waals surface area contributed by atoms with Crippen LogP contribution in [-0.2, 0) is 6.18 Å². The average Bonchev–Trinajstić information content (AvgIpc) is 2.52. The number of para-hydroxylation sites is 1. The summed E-state index contributed by atoms with van der Waals surface area (Å²) in [5.74, 6) is 4.94. The second kappa shape index (κ2) is 7.36. The van der Waals surface area contributed by atoms with Gasteiger partial charge >= 0.3 is 12.2 Å². The molecule has 0 aliphatic carbocycles.